The largest absolute Gasteiger partial charge is 0.439 e. The van der Waals surface area contributed by atoms with Crippen LogP contribution in [0.25, 0.3) is 11.3 Å². The van der Waals surface area contributed by atoms with Gasteiger partial charge in [-0.25, -0.2) is 4.98 Å². The van der Waals surface area contributed by atoms with Gasteiger partial charge in [-0.2, -0.15) is 0 Å². The van der Waals surface area contributed by atoms with Gasteiger partial charge in [0.15, 0.2) is 5.76 Å². The molecule has 20 heavy (non-hydrogen) atoms. The highest BCUT2D eigenvalue weighted by molar-refractivity contribution is 6.33. The highest BCUT2D eigenvalue weighted by Crippen LogP contribution is 2.28. The first-order valence-corrected chi connectivity index (χ1v) is 7.17. The topological polar surface area (TPSA) is 49.5 Å². The molecule has 3 rings (SSSR count). The monoisotopic (exact) mass is 292 g/mol. The molecule has 4 nitrogen and oxygen atoms in total. The number of oxazole rings is 1. The second-order valence-corrected chi connectivity index (χ2v) is 5.58. The Morgan fingerprint density at radius 3 is 3.00 bits per heavy atom. The average molecular weight is 293 g/mol. The molecule has 2 heterocycles. The second kappa shape index (κ2) is 5.95. The molecule has 106 valence electrons. The SMILES string of the molecule is OCC1CCN(Cc2ncc(-c3ccccc3Cl)o2)C1. The first kappa shape index (κ1) is 13.6. The molecule has 1 atom stereocenters. The highest BCUT2D eigenvalue weighted by atomic mass is 35.5. The summed E-state index contributed by atoms with van der Waals surface area (Å²) in [6.45, 7) is 2.82. The molecule has 0 aliphatic carbocycles. The zero-order valence-electron chi connectivity index (χ0n) is 11.1. The summed E-state index contributed by atoms with van der Waals surface area (Å²) in [4.78, 5) is 6.57. The Labute approximate surface area is 123 Å². The number of nitrogens with zero attached hydrogens (tertiary/aromatic N) is 2. The predicted molar refractivity (Wildman–Crippen MR) is 77.4 cm³/mol. The minimum atomic E-state index is 0.257. The Bertz CT molecular complexity index is 585. The van der Waals surface area contributed by atoms with Gasteiger partial charge in [0.1, 0.15) is 0 Å². The lowest BCUT2D eigenvalue weighted by Crippen LogP contribution is -2.21. The third-order valence-corrected chi connectivity index (χ3v) is 4.01. The number of likely N-dealkylation sites (tertiary alicyclic amines) is 1. The average Bonchev–Trinajstić information content (AvgIpc) is 3.09. The molecule has 1 aliphatic rings. The number of hydrogen-bond acceptors (Lipinski definition) is 4. The molecule has 1 fully saturated rings. The van der Waals surface area contributed by atoms with Gasteiger partial charge < -0.3 is 9.52 Å². The van der Waals surface area contributed by atoms with Gasteiger partial charge in [-0.05, 0) is 31.0 Å². The van der Waals surface area contributed by atoms with E-state index in [0.29, 0.717) is 29.1 Å². The normalized spacial score (nSPS) is 19.6. The molecule has 0 spiro atoms. The van der Waals surface area contributed by atoms with Crippen LogP contribution in [-0.4, -0.2) is 34.7 Å². The number of rotatable bonds is 4. The molecule has 1 aliphatic heterocycles. The maximum atomic E-state index is 9.15. The van der Waals surface area contributed by atoms with Gasteiger partial charge in [-0.1, -0.05) is 23.7 Å². The van der Waals surface area contributed by atoms with Crippen LogP contribution in [0.3, 0.4) is 0 Å². The lowest BCUT2D eigenvalue weighted by atomic mass is 10.1. The summed E-state index contributed by atoms with van der Waals surface area (Å²) in [5.74, 6) is 1.77. The van der Waals surface area contributed by atoms with Crippen molar-refractivity contribution in [2.24, 2.45) is 5.92 Å². The summed E-state index contributed by atoms with van der Waals surface area (Å²) < 4.78 is 5.78. The van der Waals surface area contributed by atoms with E-state index >= 15 is 0 Å². The van der Waals surface area contributed by atoms with Crippen molar-refractivity contribution in [2.45, 2.75) is 13.0 Å². The maximum Gasteiger partial charge on any atom is 0.209 e. The summed E-state index contributed by atoms with van der Waals surface area (Å²) >= 11 is 6.15. The Balaban J connectivity index is 1.70. The summed E-state index contributed by atoms with van der Waals surface area (Å²) in [5.41, 5.74) is 0.863. The van der Waals surface area contributed by atoms with Crippen LogP contribution in [0.5, 0.6) is 0 Å². The van der Waals surface area contributed by atoms with Gasteiger partial charge in [0.25, 0.3) is 0 Å². The molecule has 2 aromatic rings. The summed E-state index contributed by atoms with van der Waals surface area (Å²) in [5, 5.41) is 9.82. The van der Waals surface area contributed by atoms with Crippen LogP contribution in [0.15, 0.2) is 34.9 Å². The first-order chi connectivity index (χ1) is 9.76. The van der Waals surface area contributed by atoms with E-state index in [1.807, 2.05) is 24.3 Å². The standard InChI is InChI=1S/C15H17ClN2O2/c16-13-4-2-1-3-12(13)14-7-17-15(20-14)9-18-6-5-11(8-18)10-19/h1-4,7,11,19H,5-6,8-10H2. The van der Waals surface area contributed by atoms with Crippen LogP contribution in [0.4, 0.5) is 0 Å². The maximum absolute atomic E-state index is 9.15. The van der Waals surface area contributed by atoms with Crippen LogP contribution in [0.2, 0.25) is 5.02 Å². The zero-order chi connectivity index (χ0) is 13.9. The van der Waals surface area contributed by atoms with Crippen LogP contribution in [0, 0.1) is 5.92 Å². The van der Waals surface area contributed by atoms with E-state index in [2.05, 4.69) is 9.88 Å². The molecule has 1 unspecified atom stereocenters. The van der Waals surface area contributed by atoms with E-state index in [1.54, 1.807) is 6.20 Å². The van der Waals surface area contributed by atoms with Gasteiger partial charge in [0, 0.05) is 18.7 Å². The number of aromatic nitrogens is 1. The van der Waals surface area contributed by atoms with Crippen molar-refractivity contribution in [3.63, 3.8) is 0 Å². The van der Waals surface area contributed by atoms with Crippen molar-refractivity contribution in [1.82, 2.24) is 9.88 Å². The molecule has 5 heteroatoms. The molecule has 0 amide bonds. The van der Waals surface area contributed by atoms with Crippen molar-refractivity contribution < 1.29 is 9.52 Å². The van der Waals surface area contributed by atoms with E-state index in [0.717, 1.165) is 25.1 Å². The Morgan fingerprint density at radius 1 is 1.40 bits per heavy atom. The molecule has 1 aromatic carbocycles. The Morgan fingerprint density at radius 2 is 2.25 bits per heavy atom. The predicted octanol–water partition coefficient (Wildman–Crippen LogP) is 2.81. The number of aliphatic hydroxyl groups excluding tert-OH is 1. The van der Waals surface area contributed by atoms with E-state index in [4.69, 9.17) is 21.1 Å². The molecule has 1 saturated heterocycles. The summed E-state index contributed by atoms with van der Waals surface area (Å²) in [6.07, 6.45) is 2.75. The quantitative estimate of drug-likeness (QED) is 0.941. The van der Waals surface area contributed by atoms with E-state index in [-0.39, 0.29) is 6.61 Å². The smallest absolute Gasteiger partial charge is 0.209 e. The molecular formula is C15H17ClN2O2. The molecule has 0 saturated carbocycles. The number of aliphatic hydroxyl groups is 1. The van der Waals surface area contributed by atoms with Gasteiger partial charge in [0.05, 0.1) is 17.8 Å². The third-order valence-electron chi connectivity index (χ3n) is 3.68. The van der Waals surface area contributed by atoms with Crippen LogP contribution >= 0.6 is 11.6 Å². The fourth-order valence-electron chi connectivity index (χ4n) is 2.57. The lowest BCUT2D eigenvalue weighted by Gasteiger charge is -2.12. The van der Waals surface area contributed by atoms with Crippen molar-refractivity contribution in [1.29, 1.82) is 0 Å². The summed E-state index contributed by atoms with van der Waals surface area (Å²) in [7, 11) is 0. The fraction of sp³-hybridized carbons (Fsp3) is 0.400. The number of hydrogen-bond donors (Lipinski definition) is 1. The molecule has 1 aromatic heterocycles. The fourth-order valence-corrected chi connectivity index (χ4v) is 2.79. The Hall–Kier alpha value is -1.36. The van der Waals surface area contributed by atoms with Crippen molar-refractivity contribution >= 4 is 11.6 Å². The minimum Gasteiger partial charge on any atom is -0.439 e. The van der Waals surface area contributed by atoms with Gasteiger partial charge >= 0.3 is 0 Å². The van der Waals surface area contributed by atoms with Gasteiger partial charge in [-0.3, -0.25) is 4.90 Å². The summed E-state index contributed by atoms with van der Waals surface area (Å²) in [6, 6.07) is 7.58. The van der Waals surface area contributed by atoms with E-state index < -0.39 is 0 Å². The van der Waals surface area contributed by atoms with E-state index in [1.165, 1.54) is 0 Å². The van der Waals surface area contributed by atoms with Crippen molar-refractivity contribution in [3.8, 4) is 11.3 Å². The third kappa shape index (κ3) is 2.87. The van der Waals surface area contributed by atoms with E-state index in [9.17, 15) is 0 Å². The number of halogens is 1. The van der Waals surface area contributed by atoms with Gasteiger partial charge in [-0.15, -0.1) is 0 Å². The number of benzene rings is 1. The van der Waals surface area contributed by atoms with Crippen molar-refractivity contribution in [3.05, 3.63) is 41.4 Å². The van der Waals surface area contributed by atoms with Crippen molar-refractivity contribution in [2.75, 3.05) is 19.7 Å². The van der Waals surface area contributed by atoms with Gasteiger partial charge in [0.2, 0.25) is 5.89 Å². The first-order valence-electron chi connectivity index (χ1n) is 6.79. The zero-order valence-corrected chi connectivity index (χ0v) is 11.9. The second-order valence-electron chi connectivity index (χ2n) is 5.17. The molecule has 0 bridgehead atoms. The molecule has 0 radical (unpaired) electrons. The lowest BCUT2D eigenvalue weighted by molar-refractivity contribution is 0.215. The minimum absolute atomic E-state index is 0.257. The van der Waals surface area contributed by atoms with Crippen LogP contribution in [0.1, 0.15) is 12.3 Å². The Kier molecular flexibility index (Phi) is 4.05. The van der Waals surface area contributed by atoms with Crippen LogP contribution in [-0.2, 0) is 6.54 Å². The van der Waals surface area contributed by atoms with Crippen LogP contribution < -0.4 is 0 Å². The molecule has 1 N–H and O–H groups in total. The molecular weight excluding hydrogens is 276 g/mol. The highest BCUT2D eigenvalue weighted by Gasteiger charge is 2.23.